The maximum absolute atomic E-state index is 13.4. The largest absolute Gasteiger partial charge is 0.452 e. The van der Waals surface area contributed by atoms with E-state index in [1.54, 1.807) is 24.3 Å². The summed E-state index contributed by atoms with van der Waals surface area (Å²) in [7, 11) is 0. The van der Waals surface area contributed by atoms with Gasteiger partial charge in [-0.25, -0.2) is 9.18 Å². The standard InChI is InChI=1S/C24H20BrFN2O4/c1-15(16-7-3-2-4-8-16)27-23(30)18-9-5-6-10-21(18)28-22(29)14-32-24(31)19-13-17(26)11-12-20(19)25/h2-13,15H,14H2,1H3,(H,27,30)(H,28,29). The van der Waals surface area contributed by atoms with E-state index in [4.69, 9.17) is 4.74 Å². The van der Waals surface area contributed by atoms with E-state index in [-0.39, 0.29) is 28.8 Å². The van der Waals surface area contributed by atoms with E-state index in [1.807, 2.05) is 37.3 Å². The molecule has 0 bridgehead atoms. The third-order valence-electron chi connectivity index (χ3n) is 4.58. The maximum atomic E-state index is 13.4. The molecule has 0 heterocycles. The topological polar surface area (TPSA) is 84.5 Å². The smallest absolute Gasteiger partial charge is 0.339 e. The summed E-state index contributed by atoms with van der Waals surface area (Å²) < 4.78 is 18.7. The van der Waals surface area contributed by atoms with Crippen LogP contribution in [0.25, 0.3) is 0 Å². The molecule has 32 heavy (non-hydrogen) atoms. The number of anilines is 1. The van der Waals surface area contributed by atoms with Gasteiger partial charge in [0.15, 0.2) is 6.61 Å². The maximum Gasteiger partial charge on any atom is 0.339 e. The van der Waals surface area contributed by atoms with Crippen molar-refractivity contribution in [1.29, 1.82) is 0 Å². The molecule has 0 aromatic heterocycles. The minimum absolute atomic E-state index is 0.0347. The van der Waals surface area contributed by atoms with Crippen molar-refractivity contribution in [2.75, 3.05) is 11.9 Å². The van der Waals surface area contributed by atoms with Gasteiger partial charge >= 0.3 is 5.97 Å². The molecule has 6 nitrogen and oxygen atoms in total. The van der Waals surface area contributed by atoms with E-state index in [1.165, 1.54) is 12.1 Å². The quantitative estimate of drug-likeness (QED) is 0.455. The van der Waals surface area contributed by atoms with Gasteiger partial charge in [0, 0.05) is 4.47 Å². The molecule has 0 spiro atoms. The van der Waals surface area contributed by atoms with Crippen LogP contribution in [0.3, 0.4) is 0 Å². The highest BCUT2D eigenvalue weighted by atomic mass is 79.9. The molecular weight excluding hydrogens is 479 g/mol. The van der Waals surface area contributed by atoms with Crippen molar-refractivity contribution in [1.82, 2.24) is 5.32 Å². The summed E-state index contributed by atoms with van der Waals surface area (Å²) >= 11 is 3.14. The number of hydrogen-bond acceptors (Lipinski definition) is 4. The van der Waals surface area contributed by atoms with Gasteiger partial charge in [0.05, 0.1) is 22.9 Å². The van der Waals surface area contributed by atoms with E-state index in [0.29, 0.717) is 4.47 Å². The number of ether oxygens (including phenoxy) is 1. The fourth-order valence-electron chi connectivity index (χ4n) is 2.94. The second-order valence-electron chi connectivity index (χ2n) is 6.90. The summed E-state index contributed by atoms with van der Waals surface area (Å²) in [5, 5.41) is 5.47. The second kappa shape index (κ2) is 10.7. The highest BCUT2D eigenvalue weighted by molar-refractivity contribution is 9.10. The molecule has 1 unspecified atom stereocenters. The van der Waals surface area contributed by atoms with Crippen LogP contribution in [-0.4, -0.2) is 24.4 Å². The Labute approximate surface area is 192 Å². The Bertz CT molecular complexity index is 1140. The van der Waals surface area contributed by atoms with E-state index in [9.17, 15) is 18.8 Å². The van der Waals surface area contributed by atoms with Crippen LogP contribution in [-0.2, 0) is 9.53 Å². The summed E-state index contributed by atoms with van der Waals surface area (Å²) in [6.07, 6.45) is 0. The molecule has 0 fully saturated rings. The van der Waals surface area contributed by atoms with Crippen LogP contribution >= 0.6 is 15.9 Å². The average Bonchev–Trinajstić information content (AvgIpc) is 2.80. The monoisotopic (exact) mass is 498 g/mol. The van der Waals surface area contributed by atoms with Crippen molar-refractivity contribution in [3.8, 4) is 0 Å². The Balaban J connectivity index is 1.62. The summed E-state index contributed by atoms with van der Waals surface area (Å²) in [6.45, 7) is 1.26. The third-order valence-corrected chi connectivity index (χ3v) is 5.27. The lowest BCUT2D eigenvalue weighted by Gasteiger charge is -2.16. The van der Waals surface area contributed by atoms with E-state index >= 15 is 0 Å². The Kier molecular flexibility index (Phi) is 7.72. The number of benzene rings is 3. The van der Waals surface area contributed by atoms with Gasteiger partial charge in [0.1, 0.15) is 5.82 Å². The Morgan fingerprint density at radius 2 is 1.66 bits per heavy atom. The SMILES string of the molecule is CC(NC(=O)c1ccccc1NC(=O)COC(=O)c1cc(F)ccc1Br)c1ccccc1. The van der Waals surface area contributed by atoms with Crippen LogP contribution in [0.2, 0.25) is 0 Å². The summed E-state index contributed by atoms with van der Waals surface area (Å²) in [5.41, 5.74) is 1.45. The Morgan fingerprint density at radius 3 is 2.41 bits per heavy atom. The molecular formula is C24H20BrFN2O4. The van der Waals surface area contributed by atoms with Gasteiger partial charge in [-0.3, -0.25) is 9.59 Å². The van der Waals surface area contributed by atoms with Crippen molar-refractivity contribution >= 4 is 39.4 Å². The van der Waals surface area contributed by atoms with Gasteiger partial charge in [0.2, 0.25) is 0 Å². The lowest BCUT2D eigenvalue weighted by molar-refractivity contribution is -0.119. The molecule has 3 rings (SSSR count). The van der Waals surface area contributed by atoms with Gasteiger partial charge in [-0.2, -0.15) is 0 Å². The first kappa shape index (κ1) is 23.1. The van der Waals surface area contributed by atoms with Crippen molar-refractivity contribution in [2.45, 2.75) is 13.0 Å². The molecule has 0 aliphatic heterocycles. The number of carbonyl (C=O) groups is 3. The first-order valence-corrected chi connectivity index (χ1v) is 10.5. The van der Waals surface area contributed by atoms with Crippen LogP contribution in [0.5, 0.6) is 0 Å². The molecule has 3 aromatic carbocycles. The van der Waals surface area contributed by atoms with Crippen molar-refractivity contribution in [2.24, 2.45) is 0 Å². The number of carbonyl (C=O) groups excluding carboxylic acids is 3. The second-order valence-corrected chi connectivity index (χ2v) is 7.75. The molecule has 8 heteroatoms. The lowest BCUT2D eigenvalue weighted by atomic mass is 10.1. The van der Waals surface area contributed by atoms with Crippen LogP contribution in [0, 0.1) is 5.82 Å². The van der Waals surface area contributed by atoms with Gasteiger partial charge in [0.25, 0.3) is 11.8 Å². The molecule has 3 aromatic rings. The zero-order valence-corrected chi connectivity index (χ0v) is 18.7. The van der Waals surface area contributed by atoms with Crippen molar-refractivity contribution in [3.05, 3.63) is 99.8 Å². The first-order valence-electron chi connectivity index (χ1n) is 9.72. The van der Waals surface area contributed by atoms with Gasteiger partial charge < -0.3 is 15.4 Å². The molecule has 0 saturated heterocycles. The summed E-state index contributed by atoms with van der Waals surface area (Å²) in [6, 6.07) is 19.3. The number of hydrogen-bond donors (Lipinski definition) is 2. The van der Waals surface area contributed by atoms with E-state index < -0.39 is 24.3 Å². The predicted molar refractivity (Wildman–Crippen MR) is 122 cm³/mol. The van der Waals surface area contributed by atoms with E-state index in [2.05, 4.69) is 26.6 Å². The molecule has 164 valence electrons. The third kappa shape index (κ3) is 6.01. The molecule has 0 aliphatic rings. The average molecular weight is 499 g/mol. The Morgan fingerprint density at radius 1 is 0.969 bits per heavy atom. The minimum atomic E-state index is -0.853. The molecule has 2 N–H and O–H groups in total. The van der Waals surface area contributed by atoms with Gasteiger partial charge in [-0.05, 0) is 58.7 Å². The van der Waals surface area contributed by atoms with Crippen LogP contribution in [0.4, 0.5) is 10.1 Å². The number of rotatable bonds is 7. The number of para-hydroxylation sites is 1. The fraction of sp³-hybridized carbons (Fsp3) is 0.125. The summed E-state index contributed by atoms with van der Waals surface area (Å²) in [4.78, 5) is 37.2. The summed E-state index contributed by atoms with van der Waals surface area (Å²) in [5.74, 6) is -2.45. The molecule has 0 radical (unpaired) electrons. The molecule has 0 aliphatic carbocycles. The van der Waals surface area contributed by atoms with Crippen molar-refractivity contribution in [3.63, 3.8) is 0 Å². The van der Waals surface area contributed by atoms with Crippen molar-refractivity contribution < 1.29 is 23.5 Å². The zero-order chi connectivity index (χ0) is 23.1. The molecule has 2 amide bonds. The number of amides is 2. The lowest BCUT2D eigenvalue weighted by Crippen LogP contribution is -2.28. The minimum Gasteiger partial charge on any atom is -0.452 e. The first-order chi connectivity index (χ1) is 15.3. The predicted octanol–water partition coefficient (Wildman–Crippen LogP) is 4.87. The zero-order valence-electron chi connectivity index (χ0n) is 17.1. The van der Waals surface area contributed by atoms with E-state index in [0.717, 1.165) is 11.6 Å². The van der Waals surface area contributed by atoms with Gasteiger partial charge in [-0.1, -0.05) is 42.5 Å². The van der Waals surface area contributed by atoms with Gasteiger partial charge in [-0.15, -0.1) is 0 Å². The van der Waals surface area contributed by atoms with Crippen LogP contribution in [0.15, 0.2) is 77.3 Å². The van der Waals surface area contributed by atoms with Crippen LogP contribution in [0.1, 0.15) is 39.2 Å². The Hall–Kier alpha value is -3.52. The molecule has 0 saturated carbocycles. The highest BCUT2D eigenvalue weighted by Crippen LogP contribution is 2.20. The number of esters is 1. The normalized spacial score (nSPS) is 11.3. The number of halogens is 2. The highest BCUT2D eigenvalue weighted by Gasteiger charge is 2.18. The fourth-order valence-corrected chi connectivity index (χ4v) is 3.35. The van der Waals surface area contributed by atoms with Crippen LogP contribution < -0.4 is 10.6 Å². The molecule has 1 atom stereocenters. The number of nitrogens with one attached hydrogen (secondary N) is 2.